The molecule has 25 nitrogen and oxygen atoms in total. The summed E-state index contributed by atoms with van der Waals surface area (Å²) in [5.41, 5.74) is 10.7. The van der Waals surface area contributed by atoms with Crippen LogP contribution >= 0.6 is 18.9 Å². The van der Waals surface area contributed by atoms with Crippen molar-refractivity contribution >= 4 is 76.7 Å². The Kier molecular flexibility index (Phi) is 20.5. The number of ether oxygens (including phenoxy) is 2. The van der Waals surface area contributed by atoms with Gasteiger partial charge in [-0.3, -0.25) is 42.9 Å². The molecule has 0 bridgehead atoms. The standard InChI is InChI=1S/C62H75N10O15PS/c1-33(2)55(61(80)71-29-45(74)27-50(71)59(78)65-35(4)39-12-14-40(15-13-39)56-36(5)64-32-89-56)52-28-54(69-87-52)85-24-8-10-38-9-7-11-51(34(38)3)86-31-43(17-21-53(63)75)66-58(77)49-20-18-44-22-23-70(37(6)73)30-48(60(79)72(44)49)68-57(76)47-26-42-25-41(16-19-46(42)67-47)62(81)88(82,83)84/h7,9,11-16,19,25-26,28,32-33,35,43-45,48-50,55,67,74H,8,10,17-18,20-24,27,29-31H2,1-6H3,(H2,63,75)(H,65,78)(H,66,77)(H,68,76)(H2,82,83,84)/t35-,43-,44+,45+,48-,49-,50-,55+/m0/s1. The van der Waals surface area contributed by atoms with Gasteiger partial charge in [-0.15, -0.1) is 11.3 Å². The van der Waals surface area contributed by atoms with Crippen LogP contribution in [-0.2, 0) is 39.8 Å². The fraction of sp³-hybridized carbons (Fsp3) is 0.452. The molecule has 7 amide bonds. The highest BCUT2D eigenvalue weighted by molar-refractivity contribution is 7.70. The van der Waals surface area contributed by atoms with Crippen LogP contribution in [0.15, 0.2) is 82.8 Å². The zero-order valence-electron chi connectivity index (χ0n) is 50.3. The number of aromatic amines is 1. The van der Waals surface area contributed by atoms with Gasteiger partial charge in [0.25, 0.3) is 17.3 Å². The van der Waals surface area contributed by atoms with Crippen molar-refractivity contribution in [1.29, 1.82) is 0 Å². The fourth-order valence-corrected chi connectivity index (χ4v) is 13.2. The summed E-state index contributed by atoms with van der Waals surface area (Å²) in [4.78, 5) is 140. The summed E-state index contributed by atoms with van der Waals surface area (Å²) < 4.78 is 29.7. The van der Waals surface area contributed by atoms with Gasteiger partial charge in [0.05, 0.1) is 40.9 Å². The van der Waals surface area contributed by atoms with Gasteiger partial charge in [0.15, 0.2) is 5.76 Å². The maximum atomic E-state index is 14.6. The molecule has 0 radical (unpaired) electrons. The Balaban J connectivity index is 0.788. The van der Waals surface area contributed by atoms with E-state index in [9.17, 15) is 57.8 Å². The van der Waals surface area contributed by atoms with E-state index in [2.05, 4.69) is 31.1 Å². The average Bonchev–Trinajstić information content (AvgIpc) is 2.20. The number of hydrogen-bond acceptors (Lipinski definition) is 16. The summed E-state index contributed by atoms with van der Waals surface area (Å²) in [6.07, 6.45) is 1.39. The minimum Gasteiger partial charge on any atom is -0.491 e. The lowest BCUT2D eigenvalue weighted by molar-refractivity contribution is -0.145. The van der Waals surface area contributed by atoms with Gasteiger partial charge in [-0.05, 0) is 123 Å². The highest BCUT2D eigenvalue weighted by atomic mass is 32.1. The van der Waals surface area contributed by atoms with Crippen molar-refractivity contribution in [3.63, 3.8) is 0 Å². The molecule has 3 aliphatic rings. The number of β-amino-alcohol motifs (C(OH)–C–C–N with tert-alkyl or cyclic N) is 1. The number of H-pyrrole nitrogens is 1. The van der Waals surface area contributed by atoms with Gasteiger partial charge in [-0.2, -0.15) is 0 Å². The Morgan fingerprint density at radius 1 is 0.921 bits per heavy atom. The second-order valence-electron chi connectivity index (χ2n) is 23.4. The molecule has 3 aromatic heterocycles. The maximum absolute atomic E-state index is 14.6. The number of rotatable bonds is 24. The number of aliphatic hydroxyl groups excluding tert-OH is 1. The number of carbonyl (C=O) groups excluding carboxylic acids is 8. The van der Waals surface area contributed by atoms with E-state index in [1.165, 1.54) is 45.9 Å². The number of primary amides is 1. The quantitative estimate of drug-likeness (QED) is 0.0280. The molecule has 3 saturated heterocycles. The molecule has 8 atom stereocenters. The minimum absolute atomic E-state index is 0.0183. The summed E-state index contributed by atoms with van der Waals surface area (Å²) in [7, 11) is -5.09. The van der Waals surface area contributed by atoms with Gasteiger partial charge in [0, 0.05) is 68.0 Å². The second-order valence-corrected chi connectivity index (χ2v) is 25.8. The molecule has 0 aliphatic carbocycles. The molecule has 9 N–H and O–H groups in total. The molecule has 27 heteroatoms. The molecule has 6 heterocycles. The van der Waals surface area contributed by atoms with E-state index in [1.54, 1.807) is 29.0 Å². The Hall–Kier alpha value is -8.29. The van der Waals surface area contributed by atoms with Crippen molar-refractivity contribution in [1.82, 2.24) is 45.8 Å². The van der Waals surface area contributed by atoms with Crippen LogP contribution in [0.2, 0.25) is 0 Å². The normalized spacial score (nSPS) is 19.7. The summed E-state index contributed by atoms with van der Waals surface area (Å²) in [6.45, 7) is 11.0. The first kappa shape index (κ1) is 65.2. The number of aryl methyl sites for hydroxylation is 2. The number of aromatic nitrogens is 3. The van der Waals surface area contributed by atoms with E-state index < -0.39 is 79.0 Å². The predicted octanol–water partition coefficient (Wildman–Crippen LogP) is 5.34. The predicted molar refractivity (Wildman–Crippen MR) is 326 cm³/mol. The molecule has 89 heavy (non-hydrogen) atoms. The molecule has 9 rings (SSSR count). The molecule has 6 aromatic rings. The average molecular weight is 1260 g/mol. The van der Waals surface area contributed by atoms with E-state index in [-0.39, 0.29) is 111 Å². The van der Waals surface area contributed by atoms with E-state index in [1.807, 2.05) is 71.0 Å². The summed E-state index contributed by atoms with van der Waals surface area (Å²) >= 11 is 1.56. The molecule has 0 spiro atoms. The highest BCUT2D eigenvalue weighted by Gasteiger charge is 2.47. The molecule has 3 aliphatic heterocycles. The lowest BCUT2D eigenvalue weighted by Gasteiger charge is -2.38. The van der Waals surface area contributed by atoms with Crippen molar-refractivity contribution < 1.29 is 71.8 Å². The van der Waals surface area contributed by atoms with E-state index >= 15 is 0 Å². The number of amides is 7. The second kappa shape index (κ2) is 28.0. The van der Waals surface area contributed by atoms with Crippen LogP contribution in [0.3, 0.4) is 0 Å². The summed E-state index contributed by atoms with van der Waals surface area (Å²) in [5, 5.41) is 23.9. The number of nitrogens with zero attached hydrogens (tertiary/aromatic N) is 5. The third kappa shape index (κ3) is 15.4. The van der Waals surface area contributed by atoms with E-state index in [0.29, 0.717) is 42.3 Å². The molecular weight excluding hydrogens is 1190 g/mol. The monoisotopic (exact) mass is 1260 g/mol. The first-order valence-electron chi connectivity index (χ1n) is 29.7. The number of benzene rings is 3. The van der Waals surface area contributed by atoms with Crippen LogP contribution in [0.1, 0.15) is 134 Å². The first-order chi connectivity index (χ1) is 42.3. The molecule has 3 aromatic carbocycles. The van der Waals surface area contributed by atoms with Gasteiger partial charge < -0.3 is 70.3 Å². The number of thiazole rings is 1. The van der Waals surface area contributed by atoms with Crippen LogP contribution < -0.4 is 31.2 Å². The maximum Gasteiger partial charge on any atom is 0.396 e. The fourth-order valence-electron chi connectivity index (χ4n) is 11.9. The highest BCUT2D eigenvalue weighted by Crippen LogP contribution is 2.40. The van der Waals surface area contributed by atoms with Crippen LogP contribution in [0.4, 0.5) is 0 Å². The number of likely N-dealkylation sites (tertiary alicyclic amines) is 1. The van der Waals surface area contributed by atoms with Crippen LogP contribution in [0, 0.1) is 19.8 Å². The topological polar surface area (TPSA) is 359 Å². The molecule has 0 unspecified atom stereocenters. The van der Waals surface area contributed by atoms with Crippen molar-refractivity contribution in [2.45, 2.75) is 141 Å². The Morgan fingerprint density at radius 2 is 1.67 bits per heavy atom. The Labute approximate surface area is 517 Å². The molecular formula is C62H75N10O15PS. The van der Waals surface area contributed by atoms with Crippen LogP contribution in [-0.4, -0.2) is 161 Å². The van der Waals surface area contributed by atoms with Crippen molar-refractivity contribution in [2.24, 2.45) is 11.7 Å². The third-order valence-electron chi connectivity index (χ3n) is 16.8. The van der Waals surface area contributed by atoms with Gasteiger partial charge in [-0.25, -0.2) is 4.98 Å². The van der Waals surface area contributed by atoms with Crippen molar-refractivity contribution in [3.8, 4) is 22.1 Å². The van der Waals surface area contributed by atoms with Gasteiger partial charge in [0.2, 0.25) is 35.4 Å². The first-order valence-corrected chi connectivity index (χ1v) is 32.1. The van der Waals surface area contributed by atoms with Crippen LogP contribution in [0.25, 0.3) is 21.3 Å². The molecule has 474 valence electrons. The number of nitrogens with one attached hydrogen (secondary N) is 4. The van der Waals surface area contributed by atoms with E-state index in [4.69, 9.17) is 19.7 Å². The summed E-state index contributed by atoms with van der Waals surface area (Å²) in [6, 6.07) is 15.5. The lowest BCUT2D eigenvalue weighted by atomic mass is 9.91. The third-order valence-corrected chi connectivity index (χ3v) is 18.5. The van der Waals surface area contributed by atoms with Crippen molar-refractivity contribution in [2.75, 3.05) is 32.8 Å². The zero-order chi connectivity index (χ0) is 64.0. The lowest BCUT2D eigenvalue weighted by Crippen LogP contribution is -2.61. The van der Waals surface area contributed by atoms with Gasteiger partial charge in [0.1, 0.15) is 42.1 Å². The number of hydrogen-bond donors (Lipinski definition) is 8. The molecule has 3 fully saturated rings. The number of nitrogens with two attached hydrogens (primary N) is 1. The van der Waals surface area contributed by atoms with Gasteiger partial charge >= 0.3 is 7.60 Å². The van der Waals surface area contributed by atoms with Gasteiger partial charge in [-0.1, -0.05) is 50.2 Å². The minimum atomic E-state index is -5.09. The summed E-state index contributed by atoms with van der Waals surface area (Å²) in [5.74, 6) is -3.65. The number of carbonyl (C=O) groups is 8. The Morgan fingerprint density at radius 3 is 2.37 bits per heavy atom. The zero-order valence-corrected chi connectivity index (χ0v) is 52.0. The number of fused-ring (bicyclic) bond motifs is 2. The Bertz CT molecular complexity index is 3670. The SMILES string of the molecule is CC(=O)N1CC[C@H]2CC[C@@H](C(=O)N[C@@H](CCC(N)=O)COc3cccc(CCCOc4cc([C@H](C(=O)N5C[C@H](O)C[C@H]5C(=O)N[C@@H](C)c5ccc(-c6scnc6C)cc5)C(C)C)on4)c3C)N2C(=O)[C@@H](NC(=O)c2cc3cc(C(=O)P(=O)(O)O)ccc3[nH]2)C1. The van der Waals surface area contributed by atoms with E-state index in [0.717, 1.165) is 32.8 Å². The number of aliphatic hydroxyl groups is 1. The van der Waals surface area contributed by atoms with Crippen LogP contribution in [0.5, 0.6) is 11.6 Å². The largest absolute Gasteiger partial charge is 0.491 e. The molecule has 0 saturated carbocycles. The van der Waals surface area contributed by atoms with Crippen molar-refractivity contribution in [3.05, 3.63) is 118 Å². The smallest absolute Gasteiger partial charge is 0.396 e.